The summed E-state index contributed by atoms with van der Waals surface area (Å²) in [7, 11) is 0. The molecule has 1 heterocycles. The summed E-state index contributed by atoms with van der Waals surface area (Å²) in [6.45, 7) is 2.55. The smallest absolute Gasteiger partial charge is 0.250 e. The molecular formula is C15H12ClN3O3. The average molecular weight is 318 g/mol. The van der Waals surface area contributed by atoms with Gasteiger partial charge in [-0.05, 0) is 36.1 Å². The number of ether oxygens (including phenoxy) is 1. The highest BCUT2D eigenvalue weighted by atomic mass is 35.5. The molecule has 6 nitrogen and oxygen atoms in total. The van der Waals surface area contributed by atoms with Gasteiger partial charge in [0.15, 0.2) is 0 Å². The van der Waals surface area contributed by atoms with Gasteiger partial charge in [0.25, 0.3) is 0 Å². The zero-order chi connectivity index (χ0) is 15.5. The van der Waals surface area contributed by atoms with Gasteiger partial charge in [-0.1, -0.05) is 11.6 Å². The fourth-order valence-electron chi connectivity index (χ4n) is 1.95. The van der Waals surface area contributed by atoms with Gasteiger partial charge in [0.2, 0.25) is 11.0 Å². The van der Waals surface area contributed by atoms with E-state index in [4.69, 9.17) is 16.3 Å². The minimum atomic E-state index is 0.303. The largest absolute Gasteiger partial charge is 0.494 e. The minimum absolute atomic E-state index is 0.303. The van der Waals surface area contributed by atoms with Crippen molar-refractivity contribution < 1.29 is 14.3 Å². The molecule has 1 aromatic heterocycles. The van der Waals surface area contributed by atoms with Crippen molar-refractivity contribution in [2.45, 2.75) is 6.92 Å². The van der Waals surface area contributed by atoms with E-state index in [1.165, 1.54) is 0 Å². The highest BCUT2D eigenvalue weighted by molar-refractivity contribution is 6.33. The molecule has 0 N–H and O–H groups in total. The number of benzene rings is 2. The van der Waals surface area contributed by atoms with Crippen molar-refractivity contribution in [3.63, 3.8) is 0 Å². The molecule has 0 saturated carbocycles. The number of hydrogen-bond acceptors (Lipinski definition) is 5. The second-order valence-electron chi connectivity index (χ2n) is 4.48. The first kappa shape index (κ1) is 14.3. The third-order valence-electron chi connectivity index (χ3n) is 3.00. The average Bonchev–Trinajstić information content (AvgIpc) is 2.87. The number of nitrogens with zero attached hydrogens (tertiary/aromatic N) is 3. The van der Waals surface area contributed by atoms with E-state index in [1.54, 1.807) is 18.3 Å². The maximum atomic E-state index is 11.4. The maximum Gasteiger partial charge on any atom is 0.250 e. The summed E-state index contributed by atoms with van der Waals surface area (Å²) in [6, 6.07) is 10.5. The van der Waals surface area contributed by atoms with Gasteiger partial charge < -0.3 is 9.94 Å². The number of aromatic nitrogens is 2. The molecule has 0 bridgehead atoms. The molecule has 0 aliphatic rings. The van der Waals surface area contributed by atoms with E-state index >= 15 is 0 Å². The molecule has 0 unspecified atom stereocenters. The van der Waals surface area contributed by atoms with Crippen LogP contribution in [0.3, 0.4) is 0 Å². The second-order valence-corrected chi connectivity index (χ2v) is 4.88. The Morgan fingerprint density at radius 2 is 2.14 bits per heavy atom. The lowest BCUT2D eigenvalue weighted by molar-refractivity contribution is -0.782. The Morgan fingerprint density at radius 3 is 2.86 bits per heavy atom. The molecule has 0 fully saturated rings. The summed E-state index contributed by atoms with van der Waals surface area (Å²) < 4.78 is 9.89. The standard InChI is InChI=1S/C15H12ClN3O3/c1-2-21-12-5-3-11(4-6-12)17-9-10-7-15-14(8-13(10)16)18-22-19(15)20/h3-9H,2H2,1H3. The molecule has 22 heavy (non-hydrogen) atoms. The summed E-state index contributed by atoms with van der Waals surface area (Å²) in [6.07, 6.45) is 1.59. The van der Waals surface area contributed by atoms with Crippen LogP contribution in [0.4, 0.5) is 5.69 Å². The normalized spacial score (nSPS) is 11.4. The molecule has 0 radical (unpaired) electrons. The Bertz CT molecular complexity index is 828. The molecule has 0 atom stereocenters. The molecule has 0 amide bonds. The Labute approximate surface area is 131 Å². The van der Waals surface area contributed by atoms with Gasteiger partial charge in [-0.25, -0.2) is 0 Å². The first-order valence-corrected chi connectivity index (χ1v) is 7.01. The van der Waals surface area contributed by atoms with E-state index in [9.17, 15) is 5.21 Å². The fourth-order valence-corrected chi connectivity index (χ4v) is 2.16. The van der Waals surface area contributed by atoms with Gasteiger partial charge in [0.1, 0.15) is 5.75 Å². The van der Waals surface area contributed by atoms with Gasteiger partial charge in [-0.3, -0.25) is 9.62 Å². The fraction of sp³-hybridized carbons (Fsp3) is 0.133. The molecule has 0 saturated heterocycles. The lowest BCUT2D eigenvalue weighted by Crippen LogP contribution is -2.22. The third-order valence-corrected chi connectivity index (χ3v) is 3.33. The minimum Gasteiger partial charge on any atom is -0.494 e. The van der Waals surface area contributed by atoms with Crippen LogP contribution < -0.4 is 9.64 Å². The van der Waals surface area contributed by atoms with E-state index in [2.05, 4.69) is 14.8 Å². The van der Waals surface area contributed by atoms with Gasteiger partial charge in [-0.15, -0.1) is 0 Å². The molecule has 112 valence electrons. The van der Waals surface area contributed by atoms with E-state index in [-0.39, 0.29) is 0 Å². The van der Waals surface area contributed by atoms with Crippen molar-refractivity contribution in [3.8, 4) is 5.75 Å². The Kier molecular flexibility index (Phi) is 3.93. The number of aliphatic imine (C=N–C) groups is 1. The molecule has 0 spiro atoms. The highest BCUT2D eigenvalue weighted by Crippen LogP contribution is 2.22. The molecule has 3 rings (SSSR count). The monoisotopic (exact) mass is 317 g/mol. The van der Waals surface area contributed by atoms with Gasteiger partial charge >= 0.3 is 0 Å². The number of hydrogen-bond donors (Lipinski definition) is 0. The quantitative estimate of drug-likeness (QED) is 0.546. The van der Waals surface area contributed by atoms with Crippen LogP contribution in [-0.4, -0.2) is 18.0 Å². The number of halogens is 1. The zero-order valence-corrected chi connectivity index (χ0v) is 12.4. The first-order chi connectivity index (χ1) is 10.7. The summed E-state index contributed by atoms with van der Waals surface area (Å²) in [4.78, 5) is 4.67. The predicted octanol–water partition coefficient (Wildman–Crippen LogP) is 3.26. The summed E-state index contributed by atoms with van der Waals surface area (Å²) >= 11 is 6.14. The predicted molar refractivity (Wildman–Crippen MR) is 82.8 cm³/mol. The van der Waals surface area contributed by atoms with Gasteiger partial charge in [-0.2, -0.15) is 0 Å². The Balaban J connectivity index is 1.88. The summed E-state index contributed by atoms with van der Waals surface area (Å²) in [5.74, 6) is 0.790. The Hall–Kier alpha value is -2.60. The molecule has 0 aliphatic heterocycles. The molecular weight excluding hydrogens is 306 g/mol. The van der Waals surface area contributed by atoms with Crippen molar-refractivity contribution in [3.05, 3.63) is 52.2 Å². The van der Waals surface area contributed by atoms with E-state index in [0.29, 0.717) is 33.1 Å². The van der Waals surface area contributed by atoms with Crippen LogP contribution in [0.1, 0.15) is 12.5 Å². The van der Waals surface area contributed by atoms with Crippen LogP contribution in [0, 0.1) is 5.21 Å². The van der Waals surface area contributed by atoms with Crippen molar-refractivity contribution in [2.75, 3.05) is 6.61 Å². The Morgan fingerprint density at radius 1 is 1.36 bits per heavy atom. The SMILES string of the molecule is CCOc1ccc(N=Cc2cc3c(cc2Cl)no[n+]3[O-])cc1. The topological polar surface area (TPSA) is 74.6 Å². The number of rotatable bonds is 4. The van der Waals surface area contributed by atoms with Crippen LogP contribution in [0.25, 0.3) is 11.0 Å². The van der Waals surface area contributed by atoms with Crippen LogP contribution in [0.5, 0.6) is 5.75 Å². The summed E-state index contributed by atoms with van der Waals surface area (Å²) in [5.41, 5.74) is 2.06. The van der Waals surface area contributed by atoms with E-state index < -0.39 is 0 Å². The van der Waals surface area contributed by atoms with Crippen molar-refractivity contribution in [1.82, 2.24) is 5.16 Å². The first-order valence-electron chi connectivity index (χ1n) is 6.63. The van der Waals surface area contributed by atoms with Crippen LogP contribution in [0.15, 0.2) is 46.0 Å². The lowest BCUT2D eigenvalue weighted by atomic mass is 10.2. The van der Waals surface area contributed by atoms with Crippen molar-refractivity contribution in [2.24, 2.45) is 4.99 Å². The van der Waals surface area contributed by atoms with Gasteiger partial charge in [0, 0.05) is 29.1 Å². The maximum absolute atomic E-state index is 11.4. The highest BCUT2D eigenvalue weighted by Gasteiger charge is 2.12. The molecule has 0 aliphatic carbocycles. The van der Waals surface area contributed by atoms with Crippen molar-refractivity contribution >= 4 is 34.5 Å². The number of fused-ring (bicyclic) bond motifs is 1. The zero-order valence-electron chi connectivity index (χ0n) is 11.7. The summed E-state index contributed by atoms with van der Waals surface area (Å²) in [5, 5.41) is 15.4. The second kappa shape index (κ2) is 6.03. The third kappa shape index (κ3) is 2.87. The molecule has 2 aromatic carbocycles. The van der Waals surface area contributed by atoms with Crippen LogP contribution in [0.2, 0.25) is 5.02 Å². The van der Waals surface area contributed by atoms with Crippen LogP contribution >= 0.6 is 11.6 Å². The molecule has 7 heteroatoms. The van der Waals surface area contributed by atoms with E-state index in [0.717, 1.165) is 11.4 Å². The van der Waals surface area contributed by atoms with E-state index in [1.807, 2.05) is 31.2 Å². The lowest BCUT2D eigenvalue weighted by Gasteiger charge is -2.02. The van der Waals surface area contributed by atoms with Crippen LogP contribution in [-0.2, 0) is 0 Å². The molecule has 3 aromatic rings. The van der Waals surface area contributed by atoms with Gasteiger partial charge in [0.05, 0.1) is 17.3 Å². The van der Waals surface area contributed by atoms with Crippen molar-refractivity contribution in [1.29, 1.82) is 0 Å².